The molecule has 2 N–H and O–H groups in total. The highest BCUT2D eigenvalue weighted by molar-refractivity contribution is 5.55. The molecule has 2 rings (SSSR count). The monoisotopic (exact) mass is 291 g/mol. The number of benzene rings is 1. The molecule has 0 aliphatic carbocycles. The molecule has 0 aliphatic heterocycles. The molecule has 1 heterocycles. The predicted octanol–water partition coefficient (Wildman–Crippen LogP) is 3.49. The van der Waals surface area contributed by atoms with Crippen LogP contribution in [0.5, 0.6) is 0 Å². The molecule has 0 saturated heterocycles. The Hall–Kier alpha value is -1.75. The van der Waals surface area contributed by atoms with Crippen LogP contribution in [0.2, 0.25) is 0 Å². The Morgan fingerprint density at radius 2 is 2.00 bits per heavy atom. The normalized spacial score (nSPS) is 13.4. The van der Waals surface area contributed by atoms with Gasteiger partial charge in [0, 0.05) is 18.0 Å². The van der Waals surface area contributed by atoms with Crippen LogP contribution in [0.25, 0.3) is 11.4 Å². The first-order valence-corrected chi connectivity index (χ1v) is 7.09. The molecule has 1 atom stereocenters. The maximum absolute atomic E-state index is 13.4. The Morgan fingerprint density at radius 1 is 1.29 bits per heavy atom. The van der Waals surface area contributed by atoms with E-state index >= 15 is 0 Å². The molecule has 1 aromatic heterocycles. The van der Waals surface area contributed by atoms with E-state index in [0.29, 0.717) is 23.7 Å². The van der Waals surface area contributed by atoms with E-state index in [-0.39, 0.29) is 17.3 Å². The molecule has 0 spiro atoms. The van der Waals surface area contributed by atoms with Gasteiger partial charge in [-0.3, -0.25) is 0 Å². The molecule has 0 fully saturated rings. The standard InChI is InChI=1S/C16H22FN3O/c1-10-5-11(7-12(17)6-10)15-19-14(21-20-15)8-13(18)9-16(2,3)4/h5-7,13H,8-9,18H2,1-4H3. The van der Waals surface area contributed by atoms with Crippen LogP contribution >= 0.6 is 0 Å². The van der Waals surface area contributed by atoms with Crippen LogP contribution in [-0.4, -0.2) is 16.2 Å². The van der Waals surface area contributed by atoms with Crippen LogP contribution in [-0.2, 0) is 6.42 Å². The van der Waals surface area contributed by atoms with Gasteiger partial charge in [0.05, 0.1) is 0 Å². The molecule has 1 unspecified atom stereocenters. The van der Waals surface area contributed by atoms with E-state index in [9.17, 15) is 4.39 Å². The van der Waals surface area contributed by atoms with Gasteiger partial charge in [-0.25, -0.2) is 4.39 Å². The second-order valence-electron chi connectivity index (χ2n) is 6.76. The van der Waals surface area contributed by atoms with Gasteiger partial charge in [-0.1, -0.05) is 25.9 Å². The molecule has 4 nitrogen and oxygen atoms in total. The number of rotatable bonds is 4. The highest BCUT2D eigenvalue weighted by atomic mass is 19.1. The number of hydrogen-bond acceptors (Lipinski definition) is 4. The number of hydrogen-bond donors (Lipinski definition) is 1. The van der Waals surface area contributed by atoms with Gasteiger partial charge in [0.1, 0.15) is 5.82 Å². The smallest absolute Gasteiger partial charge is 0.228 e. The van der Waals surface area contributed by atoms with E-state index in [2.05, 4.69) is 30.9 Å². The van der Waals surface area contributed by atoms with Crippen LogP contribution < -0.4 is 5.73 Å². The molecule has 2 aromatic rings. The summed E-state index contributed by atoms with van der Waals surface area (Å²) in [7, 11) is 0. The Morgan fingerprint density at radius 3 is 2.62 bits per heavy atom. The second-order valence-corrected chi connectivity index (χ2v) is 6.76. The number of nitrogens with zero attached hydrogens (tertiary/aromatic N) is 2. The summed E-state index contributed by atoms with van der Waals surface area (Å²) in [4.78, 5) is 4.31. The predicted molar refractivity (Wildman–Crippen MR) is 80.2 cm³/mol. The third kappa shape index (κ3) is 4.63. The summed E-state index contributed by atoms with van der Waals surface area (Å²) >= 11 is 0. The van der Waals surface area contributed by atoms with Crippen LogP contribution in [0.1, 0.15) is 38.6 Å². The van der Waals surface area contributed by atoms with E-state index in [1.807, 2.05) is 13.0 Å². The van der Waals surface area contributed by atoms with Gasteiger partial charge >= 0.3 is 0 Å². The number of nitrogens with two attached hydrogens (primary N) is 1. The van der Waals surface area contributed by atoms with Crippen molar-refractivity contribution >= 4 is 0 Å². The zero-order valence-electron chi connectivity index (χ0n) is 13.0. The molecule has 114 valence electrons. The number of halogens is 1. The first-order chi connectivity index (χ1) is 9.73. The minimum absolute atomic E-state index is 0.0347. The van der Waals surface area contributed by atoms with Crippen molar-refractivity contribution < 1.29 is 8.91 Å². The SMILES string of the molecule is Cc1cc(F)cc(-c2noc(CC(N)CC(C)(C)C)n2)c1. The van der Waals surface area contributed by atoms with Crippen LogP contribution in [0.3, 0.4) is 0 Å². The lowest BCUT2D eigenvalue weighted by molar-refractivity contribution is 0.313. The van der Waals surface area contributed by atoms with E-state index in [1.54, 1.807) is 0 Å². The quantitative estimate of drug-likeness (QED) is 0.936. The second kappa shape index (κ2) is 5.93. The third-order valence-corrected chi connectivity index (χ3v) is 3.08. The summed E-state index contributed by atoms with van der Waals surface area (Å²) in [6, 6.07) is 4.65. The fraction of sp³-hybridized carbons (Fsp3) is 0.500. The minimum atomic E-state index is -0.305. The fourth-order valence-electron chi connectivity index (χ4n) is 2.40. The van der Waals surface area contributed by atoms with Gasteiger partial charge in [-0.05, 0) is 42.5 Å². The lowest BCUT2D eigenvalue weighted by Gasteiger charge is -2.21. The first-order valence-electron chi connectivity index (χ1n) is 7.09. The minimum Gasteiger partial charge on any atom is -0.339 e. The summed E-state index contributed by atoms with van der Waals surface area (Å²) < 4.78 is 18.6. The lowest BCUT2D eigenvalue weighted by atomic mass is 9.87. The van der Waals surface area contributed by atoms with Gasteiger partial charge in [0.2, 0.25) is 11.7 Å². The average molecular weight is 291 g/mol. The van der Waals surface area contributed by atoms with E-state index < -0.39 is 0 Å². The highest BCUT2D eigenvalue weighted by Gasteiger charge is 2.19. The molecule has 5 heteroatoms. The maximum atomic E-state index is 13.4. The van der Waals surface area contributed by atoms with Crippen molar-refractivity contribution in [2.75, 3.05) is 0 Å². The molecule has 1 aromatic carbocycles. The zero-order chi connectivity index (χ0) is 15.6. The summed E-state index contributed by atoms with van der Waals surface area (Å²) in [5.74, 6) is 0.583. The zero-order valence-corrected chi connectivity index (χ0v) is 13.0. The Bertz CT molecular complexity index is 596. The van der Waals surface area contributed by atoms with Gasteiger partial charge in [0.15, 0.2) is 0 Å². The molecule has 0 bridgehead atoms. The number of aromatic nitrogens is 2. The van der Waals surface area contributed by atoms with Crippen LogP contribution in [0.4, 0.5) is 4.39 Å². The van der Waals surface area contributed by atoms with Crippen molar-refractivity contribution in [1.29, 1.82) is 0 Å². The van der Waals surface area contributed by atoms with Crippen molar-refractivity contribution in [3.8, 4) is 11.4 Å². The van der Waals surface area contributed by atoms with E-state index in [1.165, 1.54) is 12.1 Å². The van der Waals surface area contributed by atoms with Crippen molar-refractivity contribution in [3.63, 3.8) is 0 Å². The van der Waals surface area contributed by atoms with Crippen molar-refractivity contribution in [1.82, 2.24) is 10.1 Å². The topological polar surface area (TPSA) is 64.9 Å². The number of aryl methyl sites for hydroxylation is 1. The molecular formula is C16H22FN3O. The van der Waals surface area contributed by atoms with Gasteiger partial charge in [0.25, 0.3) is 0 Å². The van der Waals surface area contributed by atoms with E-state index in [0.717, 1.165) is 12.0 Å². The summed E-state index contributed by atoms with van der Waals surface area (Å²) in [5, 5.41) is 3.91. The highest BCUT2D eigenvalue weighted by Crippen LogP contribution is 2.23. The molecule has 21 heavy (non-hydrogen) atoms. The fourth-order valence-corrected chi connectivity index (χ4v) is 2.40. The molecule has 0 radical (unpaired) electrons. The van der Waals surface area contributed by atoms with Gasteiger partial charge < -0.3 is 10.3 Å². The van der Waals surface area contributed by atoms with Crippen molar-refractivity contribution in [2.45, 2.75) is 46.6 Å². The average Bonchev–Trinajstić information content (AvgIpc) is 2.73. The third-order valence-electron chi connectivity index (χ3n) is 3.08. The molecule has 0 saturated carbocycles. The largest absolute Gasteiger partial charge is 0.339 e. The molecular weight excluding hydrogens is 269 g/mol. The maximum Gasteiger partial charge on any atom is 0.228 e. The van der Waals surface area contributed by atoms with Gasteiger partial charge in [-0.15, -0.1) is 0 Å². The molecule has 0 aliphatic rings. The van der Waals surface area contributed by atoms with Crippen molar-refractivity contribution in [2.24, 2.45) is 11.1 Å². The summed E-state index contributed by atoms with van der Waals surface area (Å²) in [5.41, 5.74) is 7.69. The van der Waals surface area contributed by atoms with E-state index in [4.69, 9.17) is 10.3 Å². The molecule has 0 amide bonds. The Balaban J connectivity index is 2.11. The van der Waals surface area contributed by atoms with Gasteiger partial charge in [-0.2, -0.15) is 4.98 Å². The Labute approximate surface area is 124 Å². The summed E-state index contributed by atoms with van der Waals surface area (Å²) in [6.45, 7) is 8.25. The van der Waals surface area contributed by atoms with Crippen LogP contribution in [0.15, 0.2) is 22.7 Å². The lowest BCUT2D eigenvalue weighted by Crippen LogP contribution is -2.28. The van der Waals surface area contributed by atoms with Crippen molar-refractivity contribution in [3.05, 3.63) is 35.5 Å². The summed E-state index contributed by atoms with van der Waals surface area (Å²) in [6.07, 6.45) is 1.39. The first kappa shape index (κ1) is 15.6. The van der Waals surface area contributed by atoms with Crippen LogP contribution in [0, 0.1) is 18.2 Å². The Kier molecular flexibility index (Phi) is 4.42.